The number of aryl methyl sites for hydroxylation is 1. The Morgan fingerprint density at radius 2 is 1.84 bits per heavy atom. The molecule has 3 rings (SSSR count). The first-order chi connectivity index (χ1) is 12.1. The van der Waals surface area contributed by atoms with Crippen molar-refractivity contribution >= 4 is 23.0 Å². The van der Waals surface area contributed by atoms with E-state index in [0.717, 1.165) is 18.8 Å². The van der Waals surface area contributed by atoms with Gasteiger partial charge in [0, 0.05) is 30.0 Å². The molecule has 6 heteroatoms. The van der Waals surface area contributed by atoms with E-state index in [1.54, 1.807) is 25.1 Å². The lowest BCUT2D eigenvalue weighted by molar-refractivity contribution is -0.385. The molecule has 130 valence electrons. The Morgan fingerprint density at radius 3 is 2.56 bits per heavy atom. The highest BCUT2D eigenvalue weighted by Gasteiger charge is 2.22. The van der Waals surface area contributed by atoms with Gasteiger partial charge in [-0.2, -0.15) is 0 Å². The number of piperidine rings is 1. The zero-order chi connectivity index (χ0) is 17.8. The highest BCUT2D eigenvalue weighted by molar-refractivity contribution is 6.07. The van der Waals surface area contributed by atoms with Gasteiger partial charge in [0.25, 0.3) is 11.6 Å². The van der Waals surface area contributed by atoms with Crippen molar-refractivity contribution < 1.29 is 9.72 Å². The van der Waals surface area contributed by atoms with Gasteiger partial charge >= 0.3 is 0 Å². The van der Waals surface area contributed by atoms with Crippen LogP contribution in [0.5, 0.6) is 0 Å². The lowest BCUT2D eigenvalue weighted by Crippen LogP contribution is -2.29. The van der Waals surface area contributed by atoms with Crippen LogP contribution in [0.15, 0.2) is 42.5 Å². The molecule has 0 unspecified atom stereocenters. The van der Waals surface area contributed by atoms with Crippen LogP contribution in [0.25, 0.3) is 0 Å². The molecule has 1 heterocycles. The molecular weight excluding hydrogens is 318 g/mol. The predicted molar refractivity (Wildman–Crippen MR) is 98.3 cm³/mol. The molecule has 0 aromatic heterocycles. The van der Waals surface area contributed by atoms with Crippen LogP contribution in [0.3, 0.4) is 0 Å². The maximum Gasteiger partial charge on any atom is 0.285 e. The summed E-state index contributed by atoms with van der Waals surface area (Å²) in [5.41, 5.74) is 2.11. The Labute approximate surface area is 146 Å². The average Bonchev–Trinajstić information content (AvgIpc) is 2.62. The van der Waals surface area contributed by atoms with Gasteiger partial charge in [-0.1, -0.05) is 18.2 Å². The van der Waals surface area contributed by atoms with Crippen LogP contribution in [-0.2, 0) is 0 Å². The van der Waals surface area contributed by atoms with Gasteiger partial charge in [-0.3, -0.25) is 14.9 Å². The van der Waals surface area contributed by atoms with Crippen LogP contribution in [-0.4, -0.2) is 23.9 Å². The van der Waals surface area contributed by atoms with Crippen LogP contribution in [0.1, 0.15) is 35.2 Å². The van der Waals surface area contributed by atoms with E-state index >= 15 is 0 Å². The topological polar surface area (TPSA) is 75.5 Å². The Kier molecular flexibility index (Phi) is 4.97. The average molecular weight is 339 g/mol. The number of anilines is 2. The number of nitrogens with one attached hydrogen (secondary N) is 1. The summed E-state index contributed by atoms with van der Waals surface area (Å²) in [5, 5.41) is 14.1. The minimum Gasteiger partial charge on any atom is -0.371 e. The van der Waals surface area contributed by atoms with Crippen LogP contribution < -0.4 is 10.2 Å². The lowest BCUT2D eigenvalue weighted by Gasteiger charge is -2.29. The summed E-state index contributed by atoms with van der Waals surface area (Å²) in [5.74, 6) is -0.466. The minimum atomic E-state index is -0.506. The van der Waals surface area contributed by atoms with Crippen molar-refractivity contribution in [3.8, 4) is 0 Å². The van der Waals surface area contributed by atoms with Crippen LogP contribution >= 0.6 is 0 Å². The summed E-state index contributed by atoms with van der Waals surface area (Å²) in [6, 6.07) is 12.4. The van der Waals surface area contributed by atoms with Crippen molar-refractivity contribution in [1.82, 2.24) is 0 Å². The zero-order valence-electron chi connectivity index (χ0n) is 14.2. The molecular formula is C19H21N3O3. The molecule has 0 radical (unpaired) electrons. The lowest BCUT2D eigenvalue weighted by atomic mass is 10.1. The second-order valence-electron chi connectivity index (χ2n) is 6.28. The molecule has 25 heavy (non-hydrogen) atoms. The van der Waals surface area contributed by atoms with Crippen molar-refractivity contribution in [2.75, 3.05) is 23.3 Å². The number of amides is 1. The fourth-order valence-electron chi connectivity index (χ4n) is 3.22. The van der Waals surface area contributed by atoms with E-state index in [1.807, 2.05) is 18.2 Å². The fourth-order valence-corrected chi connectivity index (χ4v) is 3.22. The number of hydrogen-bond acceptors (Lipinski definition) is 4. The third-order valence-electron chi connectivity index (χ3n) is 4.49. The van der Waals surface area contributed by atoms with E-state index in [-0.39, 0.29) is 11.3 Å². The third-order valence-corrected chi connectivity index (χ3v) is 4.49. The highest BCUT2D eigenvalue weighted by Crippen LogP contribution is 2.26. The second-order valence-corrected chi connectivity index (χ2v) is 6.28. The SMILES string of the molecule is Cc1cccc(C(=O)Nc2cccc(N3CCCCC3)c2)c1[N+](=O)[O-]. The summed E-state index contributed by atoms with van der Waals surface area (Å²) >= 11 is 0. The largest absolute Gasteiger partial charge is 0.371 e. The van der Waals surface area contributed by atoms with Crippen molar-refractivity contribution in [3.63, 3.8) is 0 Å². The molecule has 0 aliphatic carbocycles. The van der Waals surface area contributed by atoms with Gasteiger partial charge in [0.2, 0.25) is 0 Å². The van der Waals surface area contributed by atoms with E-state index in [2.05, 4.69) is 10.2 Å². The molecule has 1 N–H and O–H groups in total. The molecule has 2 aromatic carbocycles. The number of nitro benzene ring substituents is 1. The maximum atomic E-state index is 12.5. The number of rotatable bonds is 4. The Morgan fingerprint density at radius 1 is 1.12 bits per heavy atom. The van der Waals surface area contributed by atoms with Crippen LogP contribution in [0.2, 0.25) is 0 Å². The predicted octanol–water partition coefficient (Wildman–Crippen LogP) is 4.15. The van der Waals surface area contributed by atoms with Gasteiger partial charge in [0.1, 0.15) is 5.56 Å². The molecule has 2 aromatic rings. The maximum absolute atomic E-state index is 12.5. The van der Waals surface area contributed by atoms with Gasteiger partial charge in [0.05, 0.1) is 4.92 Å². The first-order valence-corrected chi connectivity index (χ1v) is 8.46. The molecule has 1 amide bonds. The molecule has 1 aliphatic rings. The Balaban J connectivity index is 1.82. The van der Waals surface area contributed by atoms with E-state index < -0.39 is 10.8 Å². The van der Waals surface area contributed by atoms with E-state index in [1.165, 1.54) is 25.3 Å². The number of hydrogen-bond donors (Lipinski definition) is 1. The summed E-state index contributed by atoms with van der Waals surface area (Å²) in [6.45, 7) is 3.66. The van der Waals surface area contributed by atoms with E-state index in [0.29, 0.717) is 11.3 Å². The van der Waals surface area contributed by atoms with Crippen molar-refractivity contribution in [1.29, 1.82) is 0 Å². The number of benzene rings is 2. The molecule has 1 fully saturated rings. The molecule has 6 nitrogen and oxygen atoms in total. The first kappa shape index (κ1) is 17.0. The summed E-state index contributed by atoms with van der Waals surface area (Å²) in [6.07, 6.45) is 3.60. The minimum absolute atomic E-state index is 0.0772. The summed E-state index contributed by atoms with van der Waals surface area (Å²) in [7, 11) is 0. The normalized spacial score (nSPS) is 14.2. The summed E-state index contributed by atoms with van der Waals surface area (Å²) < 4.78 is 0. The number of nitro groups is 1. The smallest absolute Gasteiger partial charge is 0.285 e. The molecule has 0 bridgehead atoms. The Hall–Kier alpha value is -2.89. The number of carbonyl (C=O) groups excluding carboxylic acids is 1. The number of carbonyl (C=O) groups is 1. The van der Waals surface area contributed by atoms with Crippen molar-refractivity contribution in [3.05, 3.63) is 63.7 Å². The second kappa shape index (κ2) is 7.34. The quantitative estimate of drug-likeness (QED) is 0.671. The van der Waals surface area contributed by atoms with Gasteiger partial charge in [-0.25, -0.2) is 0 Å². The van der Waals surface area contributed by atoms with Gasteiger partial charge in [0.15, 0.2) is 0 Å². The molecule has 1 aliphatic heterocycles. The van der Waals surface area contributed by atoms with Gasteiger partial charge in [-0.15, -0.1) is 0 Å². The third kappa shape index (κ3) is 3.79. The first-order valence-electron chi connectivity index (χ1n) is 8.46. The number of nitrogens with zero attached hydrogens (tertiary/aromatic N) is 2. The Bertz CT molecular complexity index is 798. The van der Waals surface area contributed by atoms with Crippen LogP contribution in [0, 0.1) is 17.0 Å². The van der Waals surface area contributed by atoms with E-state index in [4.69, 9.17) is 0 Å². The molecule has 0 saturated carbocycles. The van der Waals surface area contributed by atoms with Crippen molar-refractivity contribution in [2.45, 2.75) is 26.2 Å². The monoisotopic (exact) mass is 339 g/mol. The number of para-hydroxylation sites is 1. The molecule has 1 saturated heterocycles. The summed E-state index contributed by atoms with van der Waals surface area (Å²) in [4.78, 5) is 25.6. The molecule has 0 spiro atoms. The van der Waals surface area contributed by atoms with E-state index in [9.17, 15) is 14.9 Å². The fraction of sp³-hybridized carbons (Fsp3) is 0.316. The standard InChI is InChI=1S/C19H21N3O3/c1-14-7-5-10-17(18(14)22(24)25)19(23)20-15-8-6-9-16(13-15)21-11-3-2-4-12-21/h5-10,13H,2-4,11-12H2,1H3,(H,20,23). The van der Waals surface area contributed by atoms with Crippen LogP contribution in [0.4, 0.5) is 17.1 Å². The van der Waals surface area contributed by atoms with Gasteiger partial charge in [-0.05, 0) is 50.5 Å². The highest BCUT2D eigenvalue weighted by atomic mass is 16.6. The zero-order valence-corrected chi connectivity index (χ0v) is 14.2. The van der Waals surface area contributed by atoms with Crippen molar-refractivity contribution in [2.24, 2.45) is 0 Å². The molecule has 0 atom stereocenters. The van der Waals surface area contributed by atoms with Gasteiger partial charge < -0.3 is 10.2 Å².